The van der Waals surface area contributed by atoms with Gasteiger partial charge in [0.15, 0.2) is 5.88 Å². The molecule has 17 heavy (non-hydrogen) atoms. The Morgan fingerprint density at radius 3 is 2.71 bits per heavy atom. The molecule has 2 aromatic rings. The van der Waals surface area contributed by atoms with Gasteiger partial charge in [-0.3, -0.25) is 0 Å². The molecule has 0 unspecified atom stereocenters. The van der Waals surface area contributed by atoms with Gasteiger partial charge in [-0.05, 0) is 46.9 Å². The first kappa shape index (κ1) is 12.3. The Bertz CT molecular complexity index is 568. The molecule has 0 bridgehead atoms. The largest absolute Gasteiger partial charge is 0.475 e. The number of halogens is 2. The Labute approximate surface area is 116 Å². The summed E-state index contributed by atoms with van der Waals surface area (Å²) in [6.45, 7) is 0. The minimum Gasteiger partial charge on any atom is -0.475 e. The van der Waals surface area contributed by atoms with Crippen molar-refractivity contribution in [1.82, 2.24) is 0 Å². The summed E-state index contributed by atoms with van der Waals surface area (Å²) in [5.74, 6) is -0.883. The van der Waals surface area contributed by atoms with Crippen LogP contribution in [0.15, 0.2) is 34.7 Å². The van der Waals surface area contributed by atoms with Gasteiger partial charge in [-0.25, -0.2) is 4.79 Å². The molecule has 0 aliphatic carbocycles. The Kier molecular flexibility index (Phi) is 3.58. The van der Waals surface area contributed by atoms with E-state index in [1.165, 1.54) is 12.1 Å². The van der Waals surface area contributed by atoms with Crippen LogP contribution in [0.1, 0.15) is 10.6 Å². The Hall–Kier alpha value is -1.21. The summed E-state index contributed by atoms with van der Waals surface area (Å²) in [5.41, 5.74) is 0.665. The van der Waals surface area contributed by atoms with E-state index in [0.29, 0.717) is 16.6 Å². The Morgan fingerprint density at radius 1 is 1.35 bits per heavy atom. The number of carboxylic acids is 1. The van der Waals surface area contributed by atoms with Crippen LogP contribution in [0, 0.1) is 3.57 Å². The molecule has 1 aromatic heterocycles. The maximum absolute atomic E-state index is 10.6. The lowest BCUT2D eigenvalue weighted by atomic mass is 10.3. The lowest BCUT2D eigenvalue weighted by Gasteiger charge is -2.05. The van der Waals surface area contributed by atoms with Crippen LogP contribution in [-0.4, -0.2) is 11.1 Å². The minimum absolute atomic E-state index is 0.117. The average molecular weight is 364 g/mol. The van der Waals surface area contributed by atoms with E-state index in [0.717, 1.165) is 3.57 Å². The molecule has 2 N–H and O–H groups in total. The van der Waals surface area contributed by atoms with E-state index >= 15 is 0 Å². The van der Waals surface area contributed by atoms with Crippen molar-refractivity contribution in [2.45, 2.75) is 0 Å². The zero-order valence-corrected chi connectivity index (χ0v) is 11.3. The van der Waals surface area contributed by atoms with Gasteiger partial charge in [0.25, 0.3) is 0 Å². The smallest absolute Gasteiger partial charge is 0.371 e. The predicted molar refractivity (Wildman–Crippen MR) is 73.1 cm³/mol. The molecule has 0 saturated carbocycles. The molecule has 0 aliphatic rings. The molecule has 4 nitrogen and oxygen atoms in total. The van der Waals surface area contributed by atoms with Gasteiger partial charge < -0.3 is 14.8 Å². The first-order chi connectivity index (χ1) is 8.06. The molecular weight excluding hydrogens is 356 g/mol. The molecular formula is C11H7ClINO3. The van der Waals surface area contributed by atoms with Crippen LogP contribution < -0.4 is 5.32 Å². The summed E-state index contributed by atoms with van der Waals surface area (Å²) in [6.07, 6.45) is 0. The lowest BCUT2D eigenvalue weighted by molar-refractivity contribution is 0.0663. The van der Waals surface area contributed by atoms with E-state index in [2.05, 4.69) is 27.9 Å². The molecule has 2 rings (SSSR count). The zero-order chi connectivity index (χ0) is 12.4. The van der Waals surface area contributed by atoms with Crippen LogP contribution in [0.4, 0.5) is 11.6 Å². The zero-order valence-electron chi connectivity index (χ0n) is 8.41. The van der Waals surface area contributed by atoms with Crippen molar-refractivity contribution < 1.29 is 14.3 Å². The van der Waals surface area contributed by atoms with Crippen molar-refractivity contribution in [1.29, 1.82) is 0 Å². The molecule has 0 aliphatic heterocycles. The summed E-state index contributed by atoms with van der Waals surface area (Å²) >= 11 is 8.18. The van der Waals surface area contributed by atoms with Gasteiger partial charge >= 0.3 is 5.97 Å². The molecule has 0 atom stereocenters. The first-order valence-electron chi connectivity index (χ1n) is 4.61. The SMILES string of the molecule is O=C(O)c1ccc(Nc2ccc(I)cc2Cl)o1. The van der Waals surface area contributed by atoms with Crippen LogP contribution in [0.5, 0.6) is 0 Å². The summed E-state index contributed by atoms with van der Waals surface area (Å²) in [6, 6.07) is 8.40. The number of rotatable bonds is 3. The van der Waals surface area contributed by atoms with Gasteiger partial charge in [0.1, 0.15) is 0 Å². The molecule has 0 saturated heterocycles. The molecule has 0 radical (unpaired) electrons. The number of aromatic carboxylic acids is 1. The van der Waals surface area contributed by atoms with E-state index in [-0.39, 0.29) is 5.76 Å². The molecule has 6 heteroatoms. The fraction of sp³-hybridized carbons (Fsp3) is 0. The number of hydrogen-bond donors (Lipinski definition) is 2. The minimum atomic E-state index is -1.10. The summed E-state index contributed by atoms with van der Waals surface area (Å²) in [4.78, 5) is 10.6. The lowest BCUT2D eigenvalue weighted by Crippen LogP contribution is -1.93. The van der Waals surface area contributed by atoms with Crippen LogP contribution in [-0.2, 0) is 0 Å². The highest BCUT2D eigenvalue weighted by atomic mass is 127. The van der Waals surface area contributed by atoms with Crippen molar-refractivity contribution >= 4 is 51.7 Å². The number of nitrogens with one attached hydrogen (secondary N) is 1. The number of carbonyl (C=O) groups is 1. The molecule has 0 fully saturated rings. The van der Waals surface area contributed by atoms with E-state index in [4.69, 9.17) is 21.1 Å². The highest BCUT2D eigenvalue weighted by molar-refractivity contribution is 14.1. The number of benzene rings is 1. The summed E-state index contributed by atoms with van der Waals surface area (Å²) in [5, 5.41) is 12.2. The van der Waals surface area contributed by atoms with Gasteiger partial charge in [0, 0.05) is 9.64 Å². The standard InChI is InChI=1S/C11H7ClINO3/c12-7-5-6(13)1-2-8(7)14-10-4-3-9(17-10)11(15)16/h1-5,14H,(H,15,16). The van der Waals surface area contributed by atoms with Crippen LogP contribution in [0.3, 0.4) is 0 Å². The number of furan rings is 1. The summed E-state index contributed by atoms with van der Waals surface area (Å²) < 4.78 is 6.08. The predicted octanol–water partition coefficient (Wildman–Crippen LogP) is 3.98. The van der Waals surface area contributed by atoms with Crippen molar-refractivity contribution in [2.24, 2.45) is 0 Å². The van der Waals surface area contributed by atoms with Gasteiger partial charge in [-0.1, -0.05) is 11.6 Å². The van der Waals surface area contributed by atoms with Gasteiger partial charge in [-0.2, -0.15) is 0 Å². The van der Waals surface area contributed by atoms with Gasteiger partial charge in [0.05, 0.1) is 10.7 Å². The third-order valence-electron chi connectivity index (χ3n) is 2.01. The molecule has 1 aromatic carbocycles. The maximum Gasteiger partial charge on any atom is 0.371 e. The fourth-order valence-electron chi connectivity index (χ4n) is 1.24. The van der Waals surface area contributed by atoms with E-state index in [9.17, 15) is 4.79 Å². The normalized spacial score (nSPS) is 10.2. The maximum atomic E-state index is 10.6. The summed E-state index contributed by atoms with van der Waals surface area (Å²) in [7, 11) is 0. The van der Waals surface area contributed by atoms with E-state index in [1.807, 2.05) is 6.07 Å². The van der Waals surface area contributed by atoms with Gasteiger partial charge in [0.2, 0.25) is 5.76 Å². The third-order valence-corrected chi connectivity index (χ3v) is 2.99. The molecule has 1 heterocycles. The van der Waals surface area contributed by atoms with Crippen LogP contribution in [0.2, 0.25) is 5.02 Å². The highest BCUT2D eigenvalue weighted by Gasteiger charge is 2.09. The second-order valence-corrected chi connectivity index (χ2v) is 4.87. The van der Waals surface area contributed by atoms with Crippen molar-refractivity contribution in [2.75, 3.05) is 5.32 Å². The van der Waals surface area contributed by atoms with Crippen molar-refractivity contribution in [3.8, 4) is 0 Å². The Balaban J connectivity index is 2.22. The number of hydrogen-bond acceptors (Lipinski definition) is 3. The fourth-order valence-corrected chi connectivity index (χ4v) is 2.15. The monoisotopic (exact) mass is 363 g/mol. The average Bonchev–Trinajstić information content (AvgIpc) is 2.71. The Morgan fingerprint density at radius 2 is 2.12 bits per heavy atom. The number of carboxylic acid groups (broad SMARTS) is 1. The highest BCUT2D eigenvalue weighted by Crippen LogP contribution is 2.27. The molecule has 0 amide bonds. The first-order valence-corrected chi connectivity index (χ1v) is 6.07. The number of anilines is 2. The van der Waals surface area contributed by atoms with Crippen molar-refractivity contribution in [3.05, 3.63) is 44.7 Å². The van der Waals surface area contributed by atoms with Crippen LogP contribution >= 0.6 is 34.2 Å². The molecule has 88 valence electrons. The van der Waals surface area contributed by atoms with E-state index in [1.54, 1.807) is 12.1 Å². The second kappa shape index (κ2) is 4.97. The topological polar surface area (TPSA) is 62.5 Å². The quantitative estimate of drug-likeness (QED) is 0.810. The van der Waals surface area contributed by atoms with Gasteiger partial charge in [-0.15, -0.1) is 0 Å². The second-order valence-electron chi connectivity index (χ2n) is 3.22. The van der Waals surface area contributed by atoms with Crippen molar-refractivity contribution in [3.63, 3.8) is 0 Å². The van der Waals surface area contributed by atoms with E-state index < -0.39 is 5.97 Å². The van der Waals surface area contributed by atoms with Crippen LogP contribution in [0.25, 0.3) is 0 Å². The molecule has 0 spiro atoms. The third kappa shape index (κ3) is 2.92.